The third-order valence-electron chi connectivity index (χ3n) is 1.82. The number of aromatic nitrogens is 3. The lowest BCUT2D eigenvalue weighted by Gasteiger charge is -1.99. The second-order valence-corrected chi connectivity index (χ2v) is 4.13. The van der Waals surface area contributed by atoms with Crippen LogP contribution < -0.4 is 0 Å². The number of nitrogens with zero attached hydrogens (tertiary/aromatic N) is 4. The zero-order chi connectivity index (χ0) is 11.4. The standard InChI is InChI=1S/C11H8N4S/c1-8-6-14-11(15-7-8)16-10-4-9(5-12)2-3-13-10/h2-4,6-7H,1H3. The number of pyridine rings is 1. The Kier molecular flexibility index (Phi) is 3.13. The average Bonchev–Trinajstić information content (AvgIpc) is 2.32. The van der Waals surface area contributed by atoms with Gasteiger partial charge in [0, 0.05) is 18.6 Å². The fourth-order valence-electron chi connectivity index (χ4n) is 1.06. The van der Waals surface area contributed by atoms with Crippen LogP contribution in [0.3, 0.4) is 0 Å². The molecule has 0 fully saturated rings. The van der Waals surface area contributed by atoms with Gasteiger partial charge in [0.25, 0.3) is 0 Å². The molecule has 0 amide bonds. The van der Waals surface area contributed by atoms with Crippen LogP contribution in [0.25, 0.3) is 0 Å². The highest BCUT2D eigenvalue weighted by molar-refractivity contribution is 7.99. The van der Waals surface area contributed by atoms with Gasteiger partial charge < -0.3 is 0 Å². The predicted octanol–water partition coefficient (Wildman–Crippen LogP) is 2.20. The molecule has 0 unspecified atom stereocenters. The summed E-state index contributed by atoms with van der Waals surface area (Å²) in [6.45, 7) is 1.93. The highest BCUT2D eigenvalue weighted by atomic mass is 32.2. The Morgan fingerprint density at radius 1 is 1.25 bits per heavy atom. The van der Waals surface area contributed by atoms with Crippen molar-refractivity contribution in [1.82, 2.24) is 15.0 Å². The Bertz CT molecular complexity index is 530. The summed E-state index contributed by atoms with van der Waals surface area (Å²) < 4.78 is 0. The van der Waals surface area contributed by atoms with E-state index >= 15 is 0 Å². The molecule has 2 rings (SSSR count). The molecule has 0 atom stereocenters. The van der Waals surface area contributed by atoms with E-state index in [2.05, 4.69) is 21.0 Å². The van der Waals surface area contributed by atoms with Gasteiger partial charge in [0.2, 0.25) is 0 Å². The van der Waals surface area contributed by atoms with Crippen molar-refractivity contribution in [2.45, 2.75) is 17.1 Å². The van der Waals surface area contributed by atoms with E-state index < -0.39 is 0 Å². The molecular formula is C11H8N4S. The first-order valence-electron chi connectivity index (χ1n) is 4.60. The van der Waals surface area contributed by atoms with Gasteiger partial charge in [-0.3, -0.25) is 0 Å². The summed E-state index contributed by atoms with van der Waals surface area (Å²) in [5.74, 6) is 0. The Morgan fingerprint density at radius 3 is 2.69 bits per heavy atom. The van der Waals surface area contributed by atoms with Gasteiger partial charge in [-0.15, -0.1) is 0 Å². The van der Waals surface area contributed by atoms with E-state index in [1.807, 2.05) is 6.92 Å². The first-order chi connectivity index (χ1) is 7.78. The van der Waals surface area contributed by atoms with Crippen LogP contribution in [0.5, 0.6) is 0 Å². The van der Waals surface area contributed by atoms with E-state index in [0.717, 1.165) is 10.6 Å². The smallest absolute Gasteiger partial charge is 0.193 e. The van der Waals surface area contributed by atoms with Crippen molar-refractivity contribution in [1.29, 1.82) is 5.26 Å². The summed E-state index contributed by atoms with van der Waals surface area (Å²) in [6.07, 6.45) is 5.11. The van der Waals surface area contributed by atoms with Gasteiger partial charge in [-0.25, -0.2) is 15.0 Å². The van der Waals surface area contributed by atoms with Gasteiger partial charge in [-0.1, -0.05) is 0 Å². The topological polar surface area (TPSA) is 62.5 Å². The normalized spacial score (nSPS) is 9.75. The third kappa shape index (κ3) is 2.55. The number of hydrogen-bond donors (Lipinski definition) is 0. The van der Waals surface area contributed by atoms with E-state index in [4.69, 9.17) is 5.26 Å². The summed E-state index contributed by atoms with van der Waals surface area (Å²) in [7, 11) is 0. The second kappa shape index (κ2) is 4.73. The van der Waals surface area contributed by atoms with Crippen LogP contribution in [0, 0.1) is 18.3 Å². The van der Waals surface area contributed by atoms with Crippen LogP contribution >= 0.6 is 11.8 Å². The summed E-state index contributed by atoms with van der Waals surface area (Å²) in [4.78, 5) is 12.5. The van der Waals surface area contributed by atoms with Crippen molar-refractivity contribution < 1.29 is 0 Å². The van der Waals surface area contributed by atoms with Crippen LogP contribution in [-0.4, -0.2) is 15.0 Å². The minimum absolute atomic E-state index is 0.588. The lowest BCUT2D eigenvalue weighted by molar-refractivity contribution is 0.944. The number of hydrogen-bond acceptors (Lipinski definition) is 5. The van der Waals surface area contributed by atoms with Crippen molar-refractivity contribution in [2.24, 2.45) is 0 Å². The zero-order valence-electron chi connectivity index (χ0n) is 8.58. The fourth-order valence-corrected chi connectivity index (χ4v) is 1.76. The minimum atomic E-state index is 0.588. The molecule has 78 valence electrons. The van der Waals surface area contributed by atoms with Gasteiger partial charge >= 0.3 is 0 Å². The van der Waals surface area contributed by atoms with Gasteiger partial charge in [-0.2, -0.15) is 5.26 Å². The highest BCUT2D eigenvalue weighted by Gasteiger charge is 2.02. The molecular weight excluding hydrogens is 220 g/mol. The molecule has 2 aromatic rings. The molecule has 0 aliphatic carbocycles. The van der Waals surface area contributed by atoms with Gasteiger partial charge in [0.15, 0.2) is 5.16 Å². The van der Waals surface area contributed by atoms with Crippen LogP contribution in [0.1, 0.15) is 11.1 Å². The monoisotopic (exact) mass is 228 g/mol. The molecule has 4 nitrogen and oxygen atoms in total. The Morgan fingerprint density at radius 2 is 2.00 bits per heavy atom. The maximum Gasteiger partial charge on any atom is 0.193 e. The van der Waals surface area contributed by atoms with Crippen LogP contribution in [0.15, 0.2) is 40.9 Å². The van der Waals surface area contributed by atoms with Crippen LogP contribution in [0.4, 0.5) is 0 Å². The molecule has 2 heterocycles. The first-order valence-corrected chi connectivity index (χ1v) is 5.42. The molecule has 0 aliphatic heterocycles. The molecule has 0 N–H and O–H groups in total. The van der Waals surface area contributed by atoms with Crippen molar-refractivity contribution in [3.8, 4) is 6.07 Å². The van der Waals surface area contributed by atoms with Gasteiger partial charge in [0.05, 0.1) is 11.6 Å². The SMILES string of the molecule is Cc1cnc(Sc2cc(C#N)ccn2)nc1. The van der Waals surface area contributed by atoms with Crippen LogP contribution in [0.2, 0.25) is 0 Å². The molecule has 0 saturated carbocycles. The molecule has 0 aliphatic rings. The summed E-state index contributed by atoms with van der Waals surface area (Å²) in [6, 6.07) is 5.45. The highest BCUT2D eigenvalue weighted by Crippen LogP contribution is 2.22. The summed E-state index contributed by atoms with van der Waals surface area (Å²) in [5, 5.41) is 10.1. The van der Waals surface area contributed by atoms with Gasteiger partial charge in [-0.05, 0) is 36.4 Å². The molecule has 0 aromatic carbocycles. The molecule has 5 heteroatoms. The maximum absolute atomic E-state index is 8.75. The van der Waals surface area contributed by atoms with E-state index in [-0.39, 0.29) is 0 Å². The molecule has 0 saturated heterocycles. The largest absolute Gasteiger partial charge is 0.249 e. The Hall–Kier alpha value is -1.93. The zero-order valence-corrected chi connectivity index (χ0v) is 9.40. The van der Waals surface area contributed by atoms with Crippen LogP contribution in [-0.2, 0) is 0 Å². The minimum Gasteiger partial charge on any atom is -0.249 e. The fraction of sp³-hybridized carbons (Fsp3) is 0.0909. The van der Waals surface area contributed by atoms with Crippen molar-refractivity contribution >= 4 is 11.8 Å². The molecule has 0 radical (unpaired) electrons. The van der Waals surface area contributed by atoms with E-state index in [9.17, 15) is 0 Å². The van der Waals surface area contributed by atoms with Gasteiger partial charge in [0.1, 0.15) is 5.03 Å². The molecule has 16 heavy (non-hydrogen) atoms. The quantitative estimate of drug-likeness (QED) is 0.737. The average molecular weight is 228 g/mol. The lowest BCUT2D eigenvalue weighted by Crippen LogP contribution is -1.88. The second-order valence-electron chi connectivity index (χ2n) is 3.14. The molecule has 0 bridgehead atoms. The summed E-state index contributed by atoms with van der Waals surface area (Å²) in [5.41, 5.74) is 1.60. The number of aryl methyl sites for hydroxylation is 1. The van der Waals surface area contributed by atoms with E-state index in [0.29, 0.717) is 10.7 Å². The van der Waals surface area contributed by atoms with Crippen molar-refractivity contribution in [2.75, 3.05) is 0 Å². The summed E-state index contributed by atoms with van der Waals surface area (Å²) >= 11 is 1.34. The number of nitriles is 1. The van der Waals surface area contributed by atoms with E-state index in [1.165, 1.54) is 11.8 Å². The van der Waals surface area contributed by atoms with E-state index in [1.54, 1.807) is 30.7 Å². The number of rotatable bonds is 2. The Balaban J connectivity index is 2.21. The van der Waals surface area contributed by atoms with Crippen molar-refractivity contribution in [3.63, 3.8) is 0 Å². The first kappa shape index (κ1) is 10.6. The predicted molar refractivity (Wildman–Crippen MR) is 59.8 cm³/mol. The third-order valence-corrected chi connectivity index (χ3v) is 2.64. The maximum atomic E-state index is 8.75. The Labute approximate surface area is 97.4 Å². The lowest BCUT2D eigenvalue weighted by atomic mass is 10.3. The van der Waals surface area contributed by atoms with Crippen molar-refractivity contribution in [3.05, 3.63) is 41.9 Å². The molecule has 2 aromatic heterocycles. The molecule has 0 spiro atoms.